The average molecular weight is 1220 g/mol. The molecular formula is C68H54N4O14S2. The summed E-state index contributed by atoms with van der Waals surface area (Å²) in [5, 5.41) is 24.8. The molecule has 0 radical (unpaired) electrons. The molecule has 18 nitrogen and oxygen atoms in total. The first kappa shape index (κ1) is 58.0. The Bertz CT molecular complexity index is 4620. The number of amides is 2. The standard InChI is InChI=1S/C68H54N4O14S2/c1-83-67(77)59-37-46(24-29-63(59)73)69-87(79,80)49-27-22-41-19-20-43(33-44(41)35-49)66(76)71(85-39-61-55-15-7-3-11-51(55)52-12-4-8-16-56(52)61)32-31-65(75)72(86-40-62-57-17-9-5-13-53(57)54-14-6-10-18-58(54)62)48-26-21-42-23-28-50(36-45(42)34-48)88(81,82)70-47-25-30-64(74)60(38-47)68(78)84-2/h3-30,33-38,61-62,69-70,73-74H,31-32,39-40H2,1-2H3. The number of hydrogen-bond donors (Lipinski definition) is 4. The minimum Gasteiger partial charge on any atom is -0.507 e. The molecule has 0 fully saturated rings. The molecule has 0 heterocycles. The molecule has 12 rings (SSSR count). The van der Waals surface area contributed by atoms with Gasteiger partial charge in [-0.25, -0.2) is 31.5 Å². The Kier molecular flexibility index (Phi) is 15.7. The third kappa shape index (κ3) is 11.3. The molecule has 4 N–H and O–H groups in total. The topological polar surface area (TPSA) is 244 Å². The van der Waals surface area contributed by atoms with Crippen LogP contribution in [0.15, 0.2) is 216 Å². The van der Waals surface area contributed by atoms with Crippen LogP contribution in [-0.4, -0.2) is 89.8 Å². The van der Waals surface area contributed by atoms with Gasteiger partial charge in [-0.1, -0.05) is 121 Å². The van der Waals surface area contributed by atoms with Crippen molar-refractivity contribution in [3.05, 3.63) is 245 Å². The number of benzene rings is 10. The number of carbonyl (C=O) groups excluding carboxylic acids is 4. The fourth-order valence-corrected chi connectivity index (χ4v) is 13.5. The molecule has 2 aliphatic carbocycles. The maximum atomic E-state index is 15.3. The zero-order valence-electron chi connectivity index (χ0n) is 47.1. The number of sulfonamides is 2. The van der Waals surface area contributed by atoms with E-state index in [1.807, 2.05) is 97.1 Å². The lowest BCUT2D eigenvalue weighted by Crippen LogP contribution is -2.38. The maximum absolute atomic E-state index is 15.3. The van der Waals surface area contributed by atoms with E-state index in [9.17, 15) is 36.6 Å². The summed E-state index contributed by atoms with van der Waals surface area (Å²) in [7, 11) is -6.38. The summed E-state index contributed by atoms with van der Waals surface area (Å²) in [6, 6.07) is 57.6. The van der Waals surface area contributed by atoms with E-state index >= 15 is 9.59 Å². The van der Waals surface area contributed by atoms with E-state index in [1.165, 1.54) is 48.5 Å². The molecule has 0 unspecified atom stereocenters. The largest absolute Gasteiger partial charge is 0.507 e. The predicted molar refractivity (Wildman–Crippen MR) is 331 cm³/mol. The quantitative estimate of drug-likeness (QED) is 0.0334. The average Bonchev–Trinajstić information content (AvgIpc) is 2.47. The summed E-state index contributed by atoms with van der Waals surface area (Å²) in [6.45, 7) is -0.339. The van der Waals surface area contributed by atoms with Gasteiger partial charge in [0.15, 0.2) is 0 Å². The Morgan fingerprint density at radius 3 is 1.35 bits per heavy atom. The Balaban J connectivity index is 0.873. The van der Waals surface area contributed by atoms with Gasteiger partial charge in [0.05, 0.1) is 49.5 Å². The number of hydroxylamine groups is 3. The zero-order chi connectivity index (χ0) is 61.4. The number of nitrogens with zero attached hydrogens (tertiary/aromatic N) is 2. The van der Waals surface area contributed by atoms with Gasteiger partial charge < -0.3 is 19.7 Å². The van der Waals surface area contributed by atoms with Gasteiger partial charge in [0.2, 0.25) is 0 Å². The van der Waals surface area contributed by atoms with Gasteiger partial charge in [-0.2, -0.15) is 5.06 Å². The van der Waals surface area contributed by atoms with E-state index in [4.69, 9.17) is 19.1 Å². The van der Waals surface area contributed by atoms with Gasteiger partial charge in [-0.15, -0.1) is 0 Å². The fraction of sp³-hybridized carbons (Fsp3) is 0.118. The number of nitrogens with one attached hydrogen (secondary N) is 2. The number of methoxy groups -OCH3 is 2. The molecule has 2 amide bonds. The van der Waals surface area contributed by atoms with Crippen LogP contribution in [-0.2, 0) is 44.0 Å². The predicted octanol–water partition coefficient (Wildman–Crippen LogP) is 11.9. The van der Waals surface area contributed by atoms with Crippen LogP contribution < -0.4 is 14.5 Å². The lowest BCUT2D eigenvalue weighted by molar-refractivity contribution is -0.138. The van der Waals surface area contributed by atoms with E-state index in [-0.39, 0.29) is 81.6 Å². The van der Waals surface area contributed by atoms with Crippen molar-refractivity contribution in [3.8, 4) is 33.8 Å². The van der Waals surface area contributed by atoms with E-state index in [2.05, 4.69) is 9.44 Å². The monoisotopic (exact) mass is 1210 g/mol. The van der Waals surface area contributed by atoms with Crippen molar-refractivity contribution >= 4 is 82.4 Å². The molecule has 20 heteroatoms. The minimum absolute atomic E-state index is 0.0102. The Hall–Kier alpha value is -10.4. The van der Waals surface area contributed by atoms with Crippen molar-refractivity contribution in [3.63, 3.8) is 0 Å². The highest BCUT2D eigenvalue weighted by Crippen LogP contribution is 2.46. The van der Waals surface area contributed by atoms with Gasteiger partial charge >= 0.3 is 11.9 Å². The number of esters is 2. The second kappa shape index (κ2) is 23.8. The van der Waals surface area contributed by atoms with Crippen LogP contribution in [0.5, 0.6) is 11.5 Å². The summed E-state index contributed by atoms with van der Waals surface area (Å²) in [5.74, 6) is -4.41. The van der Waals surface area contributed by atoms with E-state index in [1.54, 1.807) is 42.5 Å². The zero-order valence-corrected chi connectivity index (χ0v) is 48.8. The number of hydrogen-bond acceptors (Lipinski definition) is 14. The number of ether oxygens (including phenoxy) is 2. The van der Waals surface area contributed by atoms with E-state index in [0.717, 1.165) is 87.1 Å². The second-order valence-corrected chi connectivity index (χ2v) is 24.3. The highest BCUT2D eigenvalue weighted by Gasteiger charge is 2.33. The first-order valence-corrected chi connectivity index (χ1v) is 30.7. The number of phenolic OH excluding ortho intramolecular Hbond substituents is 2. The van der Waals surface area contributed by atoms with Crippen molar-refractivity contribution in [2.45, 2.75) is 28.0 Å². The maximum Gasteiger partial charge on any atom is 0.341 e. The summed E-state index contributed by atoms with van der Waals surface area (Å²) in [5.41, 5.74) is 7.87. The van der Waals surface area contributed by atoms with Crippen LogP contribution in [0.2, 0.25) is 0 Å². The van der Waals surface area contributed by atoms with Crippen LogP contribution in [0.3, 0.4) is 0 Å². The molecule has 442 valence electrons. The number of aromatic hydroxyl groups is 2. The molecule has 10 aromatic carbocycles. The van der Waals surface area contributed by atoms with Crippen LogP contribution in [0.25, 0.3) is 43.8 Å². The van der Waals surface area contributed by atoms with E-state index in [0.29, 0.717) is 21.5 Å². The smallest absolute Gasteiger partial charge is 0.341 e. The van der Waals surface area contributed by atoms with Crippen LogP contribution in [0.1, 0.15) is 71.6 Å². The van der Waals surface area contributed by atoms with Gasteiger partial charge in [0.25, 0.3) is 31.9 Å². The van der Waals surface area contributed by atoms with Crippen LogP contribution in [0.4, 0.5) is 17.1 Å². The third-order valence-corrected chi connectivity index (χ3v) is 18.4. The molecule has 0 saturated heterocycles. The second-order valence-electron chi connectivity index (χ2n) is 21.0. The van der Waals surface area contributed by atoms with Crippen LogP contribution in [0, 0.1) is 0 Å². The molecule has 0 saturated carbocycles. The third-order valence-electron chi connectivity index (χ3n) is 15.7. The molecule has 0 atom stereocenters. The summed E-state index contributed by atoms with van der Waals surface area (Å²) < 4.78 is 70.1. The lowest BCUT2D eigenvalue weighted by atomic mass is 9.98. The highest BCUT2D eigenvalue weighted by atomic mass is 32.2. The van der Waals surface area contributed by atoms with Crippen molar-refractivity contribution < 1.29 is 65.4 Å². The number of rotatable bonds is 19. The number of anilines is 3. The SMILES string of the molecule is COC(=O)c1cc(NS(=O)(=O)c2ccc3ccc(C(=O)N(CCC(=O)N(OCC4c5ccccc5-c5ccccc54)c4ccc5ccc(S(=O)(=O)Nc6ccc(O)c(C(=O)OC)c6)cc5c4)OCC4c5ccccc5-c5ccccc54)cc3c2)ccc1O. The van der Waals surface area contributed by atoms with E-state index < -0.39 is 55.3 Å². The normalized spacial score (nSPS) is 12.6. The molecule has 10 aromatic rings. The molecular weight excluding hydrogens is 1160 g/mol. The Morgan fingerprint density at radius 2 is 0.886 bits per heavy atom. The molecule has 0 aliphatic heterocycles. The number of fused-ring (bicyclic) bond motifs is 8. The summed E-state index contributed by atoms with van der Waals surface area (Å²) in [4.78, 5) is 68.0. The first-order valence-electron chi connectivity index (χ1n) is 27.7. The van der Waals surface area contributed by atoms with Gasteiger partial charge in [0, 0.05) is 35.2 Å². The highest BCUT2D eigenvalue weighted by molar-refractivity contribution is 7.93. The summed E-state index contributed by atoms with van der Waals surface area (Å²) in [6.07, 6.45) is -0.366. The molecule has 0 bridgehead atoms. The van der Waals surface area contributed by atoms with Gasteiger partial charge in [-0.05, 0) is 151 Å². The molecule has 0 spiro atoms. The van der Waals surface area contributed by atoms with Gasteiger partial charge in [0.1, 0.15) is 22.6 Å². The van der Waals surface area contributed by atoms with Crippen molar-refractivity contribution in [2.75, 3.05) is 48.5 Å². The molecule has 2 aliphatic rings. The lowest BCUT2D eigenvalue weighted by Gasteiger charge is -2.27. The first-order chi connectivity index (χ1) is 42.5. The van der Waals surface area contributed by atoms with Crippen molar-refractivity contribution in [1.29, 1.82) is 0 Å². The number of phenols is 2. The minimum atomic E-state index is -4.32. The molecule has 0 aromatic heterocycles. The van der Waals surface area contributed by atoms with Crippen molar-refractivity contribution in [2.24, 2.45) is 0 Å². The Labute approximate surface area is 505 Å². The molecule has 88 heavy (non-hydrogen) atoms. The Morgan fingerprint density at radius 1 is 0.466 bits per heavy atom. The van der Waals surface area contributed by atoms with Crippen molar-refractivity contribution in [1.82, 2.24) is 5.06 Å². The van der Waals surface area contributed by atoms with Gasteiger partial charge in [-0.3, -0.25) is 28.7 Å². The number of carbonyl (C=O) groups is 4. The fourth-order valence-electron chi connectivity index (χ4n) is 11.4. The van der Waals surface area contributed by atoms with Crippen LogP contribution >= 0.6 is 0 Å². The summed E-state index contributed by atoms with van der Waals surface area (Å²) >= 11 is 0.